The molecule has 8 heteroatoms. The summed E-state index contributed by atoms with van der Waals surface area (Å²) in [5, 5.41) is 23.2. The first-order valence-electron chi connectivity index (χ1n) is 13.3. The highest BCUT2D eigenvalue weighted by atomic mass is 16.5. The zero-order valence-corrected chi connectivity index (χ0v) is 22.7. The highest BCUT2D eigenvalue weighted by Crippen LogP contribution is 2.38. The van der Waals surface area contributed by atoms with E-state index in [1.807, 2.05) is 39.8 Å². The summed E-state index contributed by atoms with van der Waals surface area (Å²) in [5.41, 5.74) is 3.15. The molecule has 8 nitrogen and oxygen atoms in total. The Morgan fingerprint density at radius 1 is 1.11 bits per heavy atom. The van der Waals surface area contributed by atoms with Crippen molar-refractivity contribution in [2.24, 2.45) is 5.92 Å². The van der Waals surface area contributed by atoms with Crippen LogP contribution in [0.15, 0.2) is 18.2 Å². The van der Waals surface area contributed by atoms with Crippen molar-refractivity contribution >= 4 is 11.8 Å². The quantitative estimate of drug-likeness (QED) is 0.388. The van der Waals surface area contributed by atoms with Crippen LogP contribution in [0, 0.1) is 5.92 Å². The number of aromatic nitrogens is 2. The van der Waals surface area contributed by atoms with Gasteiger partial charge in [0.1, 0.15) is 23.0 Å². The number of carbonyl (C=O) groups is 1. The van der Waals surface area contributed by atoms with Gasteiger partial charge in [-0.25, -0.2) is 0 Å². The molecule has 0 aliphatic carbocycles. The SMILES string of the molecule is CC.CCOC(=O)C(CC)CC[C@H](CC)Nc1cc2c(nn1)-c1c(O)cc(OC)cc1COCCC2. The van der Waals surface area contributed by atoms with E-state index < -0.39 is 0 Å². The van der Waals surface area contributed by atoms with E-state index in [1.165, 1.54) is 0 Å². The van der Waals surface area contributed by atoms with Crippen LogP contribution in [0.3, 0.4) is 0 Å². The first kappa shape index (κ1) is 29.4. The summed E-state index contributed by atoms with van der Waals surface area (Å²) < 4.78 is 16.3. The molecule has 36 heavy (non-hydrogen) atoms. The molecule has 0 saturated heterocycles. The van der Waals surface area contributed by atoms with E-state index >= 15 is 0 Å². The zero-order valence-electron chi connectivity index (χ0n) is 22.7. The molecule has 1 aromatic heterocycles. The Labute approximate surface area is 215 Å². The van der Waals surface area contributed by atoms with Crippen LogP contribution in [-0.2, 0) is 27.3 Å². The lowest BCUT2D eigenvalue weighted by molar-refractivity contribution is -0.148. The molecule has 0 amide bonds. The number of phenolic OH excluding ortho intramolecular Hbond substituents is 1. The van der Waals surface area contributed by atoms with Gasteiger partial charge < -0.3 is 24.6 Å². The van der Waals surface area contributed by atoms with Crippen LogP contribution in [0.2, 0.25) is 0 Å². The van der Waals surface area contributed by atoms with E-state index in [2.05, 4.69) is 22.4 Å². The average molecular weight is 502 g/mol. The number of esters is 1. The van der Waals surface area contributed by atoms with Crippen molar-refractivity contribution < 1.29 is 24.1 Å². The molecule has 1 aliphatic heterocycles. The van der Waals surface area contributed by atoms with Crippen molar-refractivity contribution in [2.75, 3.05) is 25.6 Å². The van der Waals surface area contributed by atoms with Crippen molar-refractivity contribution in [3.05, 3.63) is 29.3 Å². The number of carbonyl (C=O) groups excluding carboxylic acids is 1. The Bertz CT molecular complexity index is 966. The van der Waals surface area contributed by atoms with Gasteiger partial charge in [-0.05, 0) is 68.7 Å². The van der Waals surface area contributed by atoms with Crippen LogP contribution < -0.4 is 10.1 Å². The summed E-state index contributed by atoms with van der Waals surface area (Å²) in [5.74, 6) is 1.18. The fraction of sp³-hybridized carbons (Fsp3) is 0.607. The van der Waals surface area contributed by atoms with Crippen molar-refractivity contribution in [2.45, 2.75) is 85.8 Å². The fourth-order valence-corrected chi connectivity index (χ4v) is 4.35. The van der Waals surface area contributed by atoms with Gasteiger partial charge in [0.2, 0.25) is 0 Å². The lowest BCUT2D eigenvalue weighted by Gasteiger charge is -2.21. The van der Waals surface area contributed by atoms with Crippen molar-refractivity contribution in [1.29, 1.82) is 0 Å². The topological polar surface area (TPSA) is 103 Å². The second-order valence-electron chi connectivity index (χ2n) is 8.62. The van der Waals surface area contributed by atoms with Crippen LogP contribution in [0.1, 0.15) is 77.8 Å². The lowest BCUT2D eigenvalue weighted by Crippen LogP contribution is -2.24. The lowest BCUT2D eigenvalue weighted by atomic mass is 9.96. The molecule has 2 atom stereocenters. The van der Waals surface area contributed by atoms with Crippen molar-refractivity contribution in [3.63, 3.8) is 0 Å². The molecule has 0 radical (unpaired) electrons. The number of aromatic hydroxyl groups is 1. The second kappa shape index (κ2) is 15.3. The smallest absolute Gasteiger partial charge is 0.308 e. The summed E-state index contributed by atoms with van der Waals surface area (Å²) in [7, 11) is 1.57. The number of rotatable bonds is 10. The van der Waals surface area contributed by atoms with Crippen LogP contribution >= 0.6 is 0 Å². The summed E-state index contributed by atoms with van der Waals surface area (Å²) >= 11 is 0. The predicted molar refractivity (Wildman–Crippen MR) is 142 cm³/mol. The van der Waals surface area contributed by atoms with Gasteiger partial charge in [0.05, 0.1) is 26.2 Å². The third-order valence-corrected chi connectivity index (χ3v) is 6.33. The van der Waals surface area contributed by atoms with Crippen LogP contribution in [-0.4, -0.2) is 47.6 Å². The molecule has 0 saturated carbocycles. The maximum Gasteiger partial charge on any atom is 0.308 e. The number of aryl methyl sites for hydroxylation is 1. The first-order valence-corrected chi connectivity index (χ1v) is 13.3. The third-order valence-electron chi connectivity index (χ3n) is 6.33. The van der Waals surface area contributed by atoms with Gasteiger partial charge in [-0.2, -0.15) is 0 Å². The molecular formula is C28H43N3O5. The molecule has 200 valence electrons. The minimum Gasteiger partial charge on any atom is -0.507 e. The molecular weight excluding hydrogens is 458 g/mol. The third kappa shape index (κ3) is 7.82. The summed E-state index contributed by atoms with van der Waals surface area (Å²) in [6.07, 6.45) is 4.88. The van der Waals surface area contributed by atoms with E-state index in [9.17, 15) is 9.90 Å². The van der Waals surface area contributed by atoms with Crippen LogP contribution in [0.25, 0.3) is 11.3 Å². The van der Waals surface area contributed by atoms with E-state index in [-0.39, 0.29) is 23.7 Å². The number of anilines is 1. The zero-order chi connectivity index (χ0) is 26.5. The number of nitrogens with one attached hydrogen (secondary N) is 1. The van der Waals surface area contributed by atoms with Gasteiger partial charge >= 0.3 is 5.97 Å². The summed E-state index contributed by atoms with van der Waals surface area (Å²) in [6.45, 7) is 11.4. The second-order valence-corrected chi connectivity index (χ2v) is 8.62. The fourth-order valence-electron chi connectivity index (χ4n) is 4.35. The van der Waals surface area contributed by atoms with Gasteiger partial charge in [0.25, 0.3) is 0 Å². The maximum atomic E-state index is 12.1. The standard InChI is InChI=1S/C26H37N3O5.C2H6/c1-5-17(26(31)34-7-3)10-11-20(6-2)27-23-14-18-9-8-12-33-16-19-13-21(32-4)15-22(30)24(19)25(18)29-28-23;1-2/h13-15,17,20,30H,5-12,16H2,1-4H3,(H,27,28);1-2H3/t17?,20-;/m0./s1. The van der Waals surface area contributed by atoms with Gasteiger partial charge in [0, 0.05) is 24.3 Å². The molecule has 2 aromatic rings. The Hall–Kier alpha value is -2.87. The molecule has 1 aromatic carbocycles. The molecule has 1 unspecified atom stereocenters. The molecule has 1 aliphatic rings. The molecule has 2 heterocycles. The van der Waals surface area contributed by atoms with Crippen molar-refractivity contribution in [1.82, 2.24) is 10.2 Å². The monoisotopic (exact) mass is 501 g/mol. The summed E-state index contributed by atoms with van der Waals surface area (Å²) in [4.78, 5) is 12.1. The minimum absolute atomic E-state index is 0.0853. The van der Waals surface area contributed by atoms with E-state index in [0.29, 0.717) is 42.6 Å². The van der Waals surface area contributed by atoms with E-state index in [0.717, 1.165) is 49.7 Å². The van der Waals surface area contributed by atoms with E-state index in [4.69, 9.17) is 14.2 Å². The Morgan fingerprint density at radius 2 is 1.89 bits per heavy atom. The average Bonchev–Trinajstić information content (AvgIpc) is 2.98. The van der Waals surface area contributed by atoms with Gasteiger partial charge in [0.15, 0.2) is 0 Å². The maximum absolute atomic E-state index is 12.1. The molecule has 0 bridgehead atoms. The minimum atomic E-state index is -0.117. The number of hydrogen-bond acceptors (Lipinski definition) is 8. The van der Waals surface area contributed by atoms with Crippen molar-refractivity contribution in [3.8, 4) is 22.8 Å². The number of benzene rings is 1. The molecule has 0 spiro atoms. The number of phenols is 1. The molecule has 3 rings (SSSR count). The first-order chi connectivity index (χ1) is 17.5. The summed E-state index contributed by atoms with van der Waals surface area (Å²) in [6, 6.07) is 5.65. The Balaban J connectivity index is 0.00000222. The highest BCUT2D eigenvalue weighted by molar-refractivity contribution is 5.75. The normalized spacial score (nSPS) is 14.4. The number of methoxy groups -OCH3 is 1. The Morgan fingerprint density at radius 3 is 2.56 bits per heavy atom. The molecule has 2 N–H and O–H groups in total. The number of fused-ring (bicyclic) bond motifs is 3. The van der Waals surface area contributed by atoms with Gasteiger partial charge in [-0.1, -0.05) is 27.7 Å². The van der Waals surface area contributed by atoms with E-state index in [1.54, 1.807) is 13.2 Å². The Kier molecular flexibility index (Phi) is 12.5. The largest absolute Gasteiger partial charge is 0.507 e. The highest BCUT2D eigenvalue weighted by Gasteiger charge is 2.22. The number of nitrogens with zero attached hydrogens (tertiary/aromatic N) is 2. The molecule has 0 fully saturated rings. The predicted octanol–water partition coefficient (Wildman–Crippen LogP) is 5.91. The van der Waals surface area contributed by atoms with Gasteiger partial charge in [-0.15, -0.1) is 10.2 Å². The number of hydrogen-bond donors (Lipinski definition) is 2. The van der Waals surface area contributed by atoms with Crippen LogP contribution in [0.4, 0.5) is 5.82 Å². The van der Waals surface area contributed by atoms with Gasteiger partial charge in [-0.3, -0.25) is 4.79 Å². The van der Waals surface area contributed by atoms with Crippen LogP contribution in [0.5, 0.6) is 11.5 Å². The number of ether oxygens (including phenoxy) is 3.